The van der Waals surface area contributed by atoms with Crippen molar-refractivity contribution >= 4 is 23.6 Å². The van der Waals surface area contributed by atoms with Crippen LogP contribution in [0, 0.1) is 0 Å². The summed E-state index contributed by atoms with van der Waals surface area (Å²) in [5.41, 5.74) is 3.74. The van der Waals surface area contributed by atoms with Gasteiger partial charge in [-0.1, -0.05) is 60.1 Å². The maximum Gasteiger partial charge on any atom is 0.244 e. The van der Waals surface area contributed by atoms with Crippen LogP contribution >= 0.6 is 11.6 Å². The van der Waals surface area contributed by atoms with Gasteiger partial charge in [-0.25, -0.2) is 0 Å². The quantitative estimate of drug-likeness (QED) is 0.373. The first-order chi connectivity index (χ1) is 16.6. The van der Waals surface area contributed by atoms with Crippen molar-refractivity contribution in [1.29, 1.82) is 0 Å². The number of carbonyl (C=O) groups is 1. The van der Waals surface area contributed by atoms with Gasteiger partial charge in [0.25, 0.3) is 0 Å². The highest BCUT2D eigenvalue weighted by Gasteiger charge is 2.13. The summed E-state index contributed by atoms with van der Waals surface area (Å²) in [4.78, 5) is 17.2. The molecule has 0 atom stereocenters. The molecule has 0 spiro atoms. The summed E-state index contributed by atoms with van der Waals surface area (Å²) in [7, 11) is 2.16. The van der Waals surface area contributed by atoms with Gasteiger partial charge < -0.3 is 15.1 Å². The Morgan fingerprint density at radius 1 is 1.06 bits per heavy atom. The first-order valence-corrected chi connectivity index (χ1v) is 12.2. The normalized spacial score (nSPS) is 15.1. The van der Waals surface area contributed by atoms with Crippen molar-refractivity contribution < 1.29 is 4.79 Å². The van der Waals surface area contributed by atoms with Crippen LogP contribution in [-0.4, -0.2) is 71.8 Å². The van der Waals surface area contributed by atoms with Crippen molar-refractivity contribution in [1.82, 2.24) is 24.9 Å². The molecule has 0 saturated carbocycles. The maximum absolute atomic E-state index is 12.4. The summed E-state index contributed by atoms with van der Waals surface area (Å²) < 4.78 is 1.87. The van der Waals surface area contributed by atoms with Gasteiger partial charge in [-0.3, -0.25) is 9.48 Å². The summed E-state index contributed by atoms with van der Waals surface area (Å²) in [6.45, 7) is 6.69. The Morgan fingerprint density at radius 2 is 1.79 bits per heavy atom. The molecule has 1 amide bonds. The minimum atomic E-state index is -0.0868. The highest BCUT2D eigenvalue weighted by atomic mass is 35.5. The number of rotatable bonds is 9. The van der Waals surface area contributed by atoms with Crippen LogP contribution in [0.4, 0.5) is 0 Å². The van der Waals surface area contributed by atoms with E-state index >= 15 is 0 Å². The third kappa shape index (κ3) is 6.79. The Balaban J connectivity index is 1.38. The lowest BCUT2D eigenvalue weighted by Gasteiger charge is -2.32. The molecule has 1 aliphatic heterocycles. The average molecular weight is 478 g/mol. The fraction of sp³-hybridized carbons (Fsp3) is 0.333. The summed E-state index contributed by atoms with van der Waals surface area (Å²) in [5.74, 6) is -0.0868. The van der Waals surface area contributed by atoms with Crippen molar-refractivity contribution in [2.75, 3.05) is 46.3 Å². The number of amides is 1. The molecule has 1 aromatic heterocycles. The minimum Gasteiger partial charge on any atom is -0.353 e. The number of halogens is 1. The Hall–Kier alpha value is -2.93. The van der Waals surface area contributed by atoms with Crippen LogP contribution in [0.5, 0.6) is 0 Å². The van der Waals surface area contributed by atoms with E-state index in [1.165, 1.54) is 0 Å². The largest absolute Gasteiger partial charge is 0.353 e. The second-order valence-electron chi connectivity index (χ2n) is 8.71. The molecule has 178 valence electrons. The zero-order valence-electron chi connectivity index (χ0n) is 19.7. The number of hydrogen-bond donors (Lipinski definition) is 1. The Labute approximate surface area is 206 Å². The molecule has 34 heavy (non-hydrogen) atoms. The lowest BCUT2D eigenvalue weighted by Crippen LogP contribution is -2.45. The van der Waals surface area contributed by atoms with E-state index in [9.17, 15) is 4.79 Å². The highest BCUT2D eigenvalue weighted by Crippen LogP contribution is 2.24. The lowest BCUT2D eigenvalue weighted by atomic mass is 10.1. The second kappa shape index (κ2) is 12.0. The van der Waals surface area contributed by atoms with Crippen molar-refractivity contribution in [2.24, 2.45) is 0 Å². The van der Waals surface area contributed by atoms with Crippen LogP contribution in [0.25, 0.3) is 17.3 Å². The molecule has 3 aromatic rings. The zero-order valence-corrected chi connectivity index (χ0v) is 20.4. The molecule has 1 fully saturated rings. The van der Waals surface area contributed by atoms with Gasteiger partial charge in [0.15, 0.2) is 0 Å². The summed E-state index contributed by atoms with van der Waals surface area (Å²) in [6, 6.07) is 17.8. The predicted molar refractivity (Wildman–Crippen MR) is 139 cm³/mol. The van der Waals surface area contributed by atoms with E-state index in [0.29, 0.717) is 18.1 Å². The maximum atomic E-state index is 12.4. The van der Waals surface area contributed by atoms with Gasteiger partial charge in [0.1, 0.15) is 0 Å². The number of aromatic nitrogens is 2. The second-order valence-corrected chi connectivity index (χ2v) is 9.12. The van der Waals surface area contributed by atoms with Crippen molar-refractivity contribution in [3.8, 4) is 11.3 Å². The van der Waals surface area contributed by atoms with Gasteiger partial charge in [0.05, 0.1) is 12.2 Å². The van der Waals surface area contributed by atoms with Crippen LogP contribution in [0.15, 0.2) is 66.9 Å². The third-order valence-electron chi connectivity index (χ3n) is 6.09. The summed E-state index contributed by atoms with van der Waals surface area (Å²) in [6.07, 6.45) is 6.35. The molecular formula is C27H32ClN5O. The molecule has 0 radical (unpaired) electrons. The van der Waals surface area contributed by atoms with Gasteiger partial charge in [-0.15, -0.1) is 0 Å². The lowest BCUT2D eigenvalue weighted by molar-refractivity contribution is -0.116. The van der Waals surface area contributed by atoms with Gasteiger partial charge in [-0.05, 0) is 37.7 Å². The van der Waals surface area contributed by atoms with Gasteiger partial charge in [0.2, 0.25) is 5.91 Å². The number of piperazine rings is 1. The van der Waals surface area contributed by atoms with Crippen LogP contribution in [0.3, 0.4) is 0 Å². The number of carbonyl (C=O) groups excluding carboxylic acids is 1. The van der Waals surface area contributed by atoms with E-state index in [-0.39, 0.29) is 5.91 Å². The average Bonchev–Trinajstić information content (AvgIpc) is 3.26. The van der Waals surface area contributed by atoms with E-state index in [1.54, 1.807) is 6.08 Å². The van der Waals surface area contributed by atoms with E-state index in [4.69, 9.17) is 16.7 Å². The SMILES string of the molecule is CN1CCN(CCCNC(=O)C=Cc2cn(Cc3ccccc3Cl)nc2-c2ccccc2)CC1. The van der Waals surface area contributed by atoms with Gasteiger partial charge in [-0.2, -0.15) is 5.10 Å². The molecule has 0 bridgehead atoms. The van der Waals surface area contributed by atoms with Crippen LogP contribution < -0.4 is 5.32 Å². The number of hydrogen-bond acceptors (Lipinski definition) is 4. The summed E-state index contributed by atoms with van der Waals surface area (Å²) in [5, 5.41) is 8.52. The van der Waals surface area contributed by atoms with Crippen molar-refractivity contribution in [3.63, 3.8) is 0 Å². The van der Waals surface area contributed by atoms with E-state index in [1.807, 2.05) is 71.6 Å². The molecule has 1 N–H and O–H groups in total. The first-order valence-electron chi connectivity index (χ1n) is 11.8. The Bertz CT molecular complexity index is 1100. The fourth-order valence-electron chi connectivity index (χ4n) is 4.07. The van der Waals surface area contributed by atoms with Gasteiger partial charge in [0, 0.05) is 61.1 Å². The van der Waals surface area contributed by atoms with Crippen molar-refractivity contribution in [2.45, 2.75) is 13.0 Å². The molecule has 1 saturated heterocycles. The topological polar surface area (TPSA) is 53.4 Å². The van der Waals surface area contributed by atoms with Gasteiger partial charge >= 0.3 is 0 Å². The van der Waals surface area contributed by atoms with E-state index < -0.39 is 0 Å². The third-order valence-corrected chi connectivity index (χ3v) is 6.46. The molecular weight excluding hydrogens is 446 g/mol. The van der Waals surface area contributed by atoms with Crippen LogP contribution in [-0.2, 0) is 11.3 Å². The molecule has 0 unspecified atom stereocenters. The molecule has 0 aliphatic carbocycles. The molecule has 2 heterocycles. The molecule has 2 aromatic carbocycles. The standard InChI is InChI=1S/C27H32ClN5O/c1-31-16-18-32(19-17-31)15-7-14-29-26(34)13-12-24-21-33(20-23-10-5-6-11-25(23)28)30-27(24)22-8-3-2-4-9-22/h2-6,8-13,21H,7,14-20H2,1H3,(H,29,34). The minimum absolute atomic E-state index is 0.0868. The number of nitrogens with zero attached hydrogens (tertiary/aromatic N) is 4. The number of likely N-dealkylation sites (N-methyl/N-ethyl adjacent to an activating group) is 1. The zero-order chi connectivity index (χ0) is 23.8. The predicted octanol–water partition coefficient (Wildman–Crippen LogP) is 4.02. The number of nitrogens with one attached hydrogen (secondary N) is 1. The van der Waals surface area contributed by atoms with Crippen LogP contribution in [0.1, 0.15) is 17.5 Å². The Kier molecular flexibility index (Phi) is 8.52. The first kappa shape index (κ1) is 24.2. The smallest absolute Gasteiger partial charge is 0.244 e. The molecule has 6 nitrogen and oxygen atoms in total. The highest BCUT2D eigenvalue weighted by molar-refractivity contribution is 6.31. The fourth-order valence-corrected chi connectivity index (χ4v) is 4.27. The van der Waals surface area contributed by atoms with E-state index in [0.717, 1.165) is 61.5 Å². The van der Waals surface area contributed by atoms with Crippen molar-refractivity contribution in [3.05, 3.63) is 83.0 Å². The molecule has 4 rings (SSSR count). The van der Waals surface area contributed by atoms with E-state index in [2.05, 4.69) is 22.2 Å². The van der Waals surface area contributed by atoms with Crippen LogP contribution in [0.2, 0.25) is 5.02 Å². The number of benzene rings is 2. The Morgan fingerprint density at radius 3 is 2.56 bits per heavy atom. The summed E-state index contributed by atoms with van der Waals surface area (Å²) >= 11 is 6.34. The monoisotopic (exact) mass is 477 g/mol. The molecule has 7 heteroatoms. The molecule has 1 aliphatic rings.